The van der Waals surface area contributed by atoms with E-state index in [2.05, 4.69) is 15.3 Å². The maximum Gasteiger partial charge on any atom is 0.384 e. The van der Waals surface area contributed by atoms with Crippen LogP contribution in [0.1, 0.15) is 5.56 Å². The van der Waals surface area contributed by atoms with E-state index in [1.807, 2.05) is 0 Å². The Morgan fingerprint density at radius 1 is 1.23 bits per heavy atom. The van der Waals surface area contributed by atoms with Crippen LogP contribution in [0, 0.1) is 5.82 Å². The van der Waals surface area contributed by atoms with Gasteiger partial charge in [-0.3, -0.25) is 0 Å². The Morgan fingerprint density at radius 2 is 1.95 bits per heavy atom. The number of benzene rings is 1. The average Bonchev–Trinajstić information content (AvgIpc) is 2.51. The molecule has 2 heterocycles. The fourth-order valence-corrected chi connectivity index (χ4v) is 1.97. The second kappa shape index (κ2) is 6.52. The zero-order chi connectivity index (χ0) is 14.8. The van der Waals surface area contributed by atoms with Crippen LogP contribution in [0.2, 0.25) is 0 Å². The predicted molar refractivity (Wildman–Crippen MR) is 85.0 cm³/mol. The summed E-state index contributed by atoms with van der Waals surface area (Å²) in [6.07, 6.45) is 1.47. The van der Waals surface area contributed by atoms with E-state index in [0.29, 0.717) is 22.5 Å². The largest absolute Gasteiger partial charge is 0.422 e. The molecule has 0 bridgehead atoms. The number of rotatable bonds is 3. The second-order valence-electron chi connectivity index (χ2n) is 4.41. The van der Waals surface area contributed by atoms with Gasteiger partial charge in [-0.1, -0.05) is 12.1 Å². The first-order chi connectivity index (χ1) is 10.1. The normalized spacial score (nSPS) is 10.2. The lowest BCUT2D eigenvalue weighted by Crippen LogP contribution is -2.23. The molecule has 0 saturated heterocycles. The Hall–Kier alpha value is -2.48. The molecule has 0 fully saturated rings. The summed E-state index contributed by atoms with van der Waals surface area (Å²) in [5, 5.41) is 13.1. The Kier molecular flexibility index (Phi) is 4.71. The third-order valence-corrected chi connectivity index (χ3v) is 3.00. The average molecular weight is 367 g/mol. The van der Waals surface area contributed by atoms with Crippen molar-refractivity contribution >= 4 is 33.8 Å². The molecule has 0 radical (unpaired) electrons. The zero-order valence-electron chi connectivity index (χ0n) is 11.2. The van der Waals surface area contributed by atoms with Gasteiger partial charge < -0.3 is 10.5 Å². The standard InChI is InChI=1S/C14H11FN4O2.BrH/c15-10-5-3-9(4-6-10)8-17-12-11-2-1-7-16-13(11)19(21)14(20)18-12;/h1-7,21H,8H2,(H,17,18,20);1H. The van der Waals surface area contributed by atoms with E-state index in [0.717, 1.165) is 5.56 Å². The van der Waals surface area contributed by atoms with E-state index >= 15 is 0 Å². The Labute approximate surface area is 135 Å². The van der Waals surface area contributed by atoms with Gasteiger partial charge in [-0.2, -0.15) is 4.98 Å². The van der Waals surface area contributed by atoms with Gasteiger partial charge in [0.2, 0.25) is 0 Å². The molecule has 8 heteroatoms. The van der Waals surface area contributed by atoms with Crippen molar-refractivity contribution in [2.24, 2.45) is 0 Å². The summed E-state index contributed by atoms with van der Waals surface area (Å²) >= 11 is 0. The van der Waals surface area contributed by atoms with E-state index < -0.39 is 5.69 Å². The molecule has 0 amide bonds. The van der Waals surface area contributed by atoms with Crippen molar-refractivity contribution in [2.75, 3.05) is 5.32 Å². The van der Waals surface area contributed by atoms with Crippen LogP contribution in [0.4, 0.5) is 10.2 Å². The van der Waals surface area contributed by atoms with Crippen molar-refractivity contribution in [1.29, 1.82) is 0 Å². The van der Waals surface area contributed by atoms with Gasteiger partial charge in [-0.25, -0.2) is 14.2 Å². The lowest BCUT2D eigenvalue weighted by atomic mass is 10.2. The van der Waals surface area contributed by atoms with Crippen LogP contribution in [-0.4, -0.2) is 19.9 Å². The Morgan fingerprint density at radius 3 is 2.68 bits per heavy atom. The summed E-state index contributed by atoms with van der Waals surface area (Å²) in [6.45, 7) is 0.367. The van der Waals surface area contributed by atoms with E-state index in [9.17, 15) is 14.4 Å². The monoisotopic (exact) mass is 366 g/mol. The molecule has 6 nitrogen and oxygen atoms in total. The molecule has 114 valence electrons. The van der Waals surface area contributed by atoms with Crippen LogP contribution >= 0.6 is 17.0 Å². The molecular formula is C14H12BrFN4O2. The summed E-state index contributed by atoms with van der Waals surface area (Å²) in [5.74, 6) is 0.00660. The Balaban J connectivity index is 0.00000176. The van der Waals surface area contributed by atoms with Gasteiger partial charge in [0.05, 0.1) is 5.39 Å². The first-order valence-electron chi connectivity index (χ1n) is 6.20. The van der Waals surface area contributed by atoms with Crippen LogP contribution in [0.25, 0.3) is 11.0 Å². The lowest BCUT2D eigenvalue weighted by Gasteiger charge is -2.09. The molecule has 2 N–H and O–H groups in total. The van der Waals surface area contributed by atoms with Crippen molar-refractivity contribution in [3.8, 4) is 0 Å². The van der Waals surface area contributed by atoms with E-state index in [1.54, 1.807) is 24.3 Å². The van der Waals surface area contributed by atoms with Crippen molar-refractivity contribution in [3.05, 3.63) is 64.5 Å². The number of hydrogen-bond acceptors (Lipinski definition) is 5. The van der Waals surface area contributed by atoms with Crippen LogP contribution in [0.5, 0.6) is 0 Å². The fraction of sp³-hybridized carbons (Fsp3) is 0.0714. The van der Waals surface area contributed by atoms with Gasteiger partial charge in [0.1, 0.15) is 11.6 Å². The molecule has 0 aliphatic rings. The molecule has 0 unspecified atom stereocenters. The number of pyridine rings is 1. The third kappa shape index (κ3) is 3.06. The molecule has 0 saturated carbocycles. The SMILES string of the molecule is Br.O=c1nc(NCc2ccc(F)cc2)c2cccnc2n1O. The van der Waals surface area contributed by atoms with Crippen LogP contribution in [0.15, 0.2) is 47.4 Å². The maximum absolute atomic E-state index is 12.8. The van der Waals surface area contributed by atoms with Gasteiger partial charge in [-0.05, 0) is 29.8 Å². The van der Waals surface area contributed by atoms with Crippen LogP contribution < -0.4 is 11.0 Å². The van der Waals surface area contributed by atoms with Crippen molar-refractivity contribution in [1.82, 2.24) is 14.7 Å². The molecule has 3 aromatic rings. The topological polar surface area (TPSA) is 80.0 Å². The fourth-order valence-electron chi connectivity index (χ4n) is 1.97. The molecule has 1 aromatic carbocycles. The quantitative estimate of drug-likeness (QED) is 0.695. The van der Waals surface area contributed by atoms with E-state index in [4.69, 9.17) is 0 Å². The first kappa shape index (κ1) is 15.9. The minimum Gasteiger partial charge on any atom is -0.422 e. The van der Waals surface area contributed by atoms with Crippen molar-refractivity contribution in [2.45, 2.75) is 6.54 Å². The van der Waals surface area contributed by atoms with Gasteiger partial charge >= 0.3 is 5.69 Å². The lowest BCUT2D eigenvalue weighted by molar-refractivity contribution is 0.182. The molecule has 0 spiro atoms. The van der Waals surface area contributed by atoms with Crippen LogP contribution in [-0.2, 0) is 6.54 Å². The molecular weight excluding hydrogens is 355 g/mol. The number of halogens is 2. The molecule has 0 aliphatic heterocycles. The third-order valence-electron chi connectivity index (χ3n) is 3.00. The Bertz CT molecular complexity index is 852. The second-order valence-corrected chi connectivity index (χ2v) is 4.41. The summed E-state index contributed by atoms with van der Waals surface area (Å²) in [7, 11) is 0. The van der Waals surface area contributed by atoms with Crippen molar-refractivity contribution in [3.63, 3.8) is 0 Å². The summed E-state index contributed by atoms with van der Waals surface area (Å²) in [4.78, 5) is 19.3. The molecule has 22 heavy (non-hydrogen) atoms. The summed E-state index contributed by atoms with van der Waals surface area (Å²) in [5.41, 5.74) is 0.144. The number of anilines is 1. The smallest absolute Gasteiger partial charge is 0.384 e. The van der Waals surface area contributed by atoms with E-state index in [1.165, 1.54) is 18.3 Å². The van der Waals surface area contributed by atoms with Gasteiger partial charge in [0.25, 0.3) is 0 Å². The number of fused-ring (bicyclic) bond motifs is 1. The molecule has 2 aromatic heterocycles. The number of aromatic nitrogens is 3. The molecule has 0 atom stereocenters. The minimum absolute atomic E-state index is 0. The first-order valence-corrected chi connectivity index (χ1v) is 6.20. The van der Waals surface area contributed by atoms with Gasteiger partial charge in [-0.15, -0.1) is 21.7 Å². The molecule has 0 aliphatic carbocycles. The number of nitrogens with one attached hydrogen (secondary N) is 1. The van der Waals surface area contributed by atoms with E-state index in [-0.39, 0.29) is 28.4 Å². The highest BCUT2D eigenvalue weighted by molar-refractivity contribution is 8.93. The highest BCUT2D eigenvalue weighted by Gasteiger charge is 2.10. The molecule has 3 rings (SSSR count). The zero-order valence-corrected chi connectivity index (χ0v) is 12.9. The predicted octanol–water partition coefficient (Wildman–Crippen LogP) is 2.36. The minimum atomic E-state index is -0.817. The van der Waals surface area contributed by atoms with Gasteiger partial charge in [0.15, 0.2) is 5.65 Å². The number of nitrogens with zero attached hydrogens (tertiary/aromatic N) is 3. The van der Waals surface area contributed by atoms with Gasteiger partial charge in [0, 0.05) is 12.7 Å². The number of hydrogen-bond donors (Lipinski definition) is 2. The summed E-state index contributed by atoms with van der Waals surface area (Å²) in [6, 6.07) is 9.35. The van der Waals surface area contributed by atoms with Crippen molar-refractivity contribution < 1.29 is 9.60 Å². The van der Waals surface area contributed by atoms with Crippen LogP contribution in [0.3, 0.4) is 0 Å². The maximum atomic E-state index is 12.8. The highest BCUT2D eigenvalue weighted by atomic mass is 79.9. The highest BCUT2D eigenvalue weighted by Crippen LogP contribution is 2.17. The summed E-state index contributed by atoms with van der Waals surface area (Å²) < 4.78 is 13.2.